The first-order chi connectivity index (χ1) is 9.24. The summed E-state index contributed by atoms with van der Waals surface area (Å²) in [7, 11) is 2.08. The van der Waals surface area contributed by atoms with Crippen molar-refractivity contribution in [3.63, 3.8) is 0 Å². The van der Waals surface area contributed by atoms with Crippen LogP contribution in [0.15, 0.2) is 24.3 Å². The molecule has 1 aromatic carbocycles. The normalized spacial score (nSPS) is 23.6. The van der Waals surface area contributed by atoms with Crippen molar-refractivity contribution in [2.24, 2.45) is 0 Å². The van der Waals surface area contributed by atoms with Crippen LogP contribution in [0.4, 0.5) is 5.69 Å². The highest BCUT2D eigenvalue weighted by atomic mass is 15.2. The lowest BCUT2D eigenvalue weighted by atomic mass is 9.97. The quantitative estimate of drug-likeness (QED) is 0.870. The number of benzene rings is 1. The Hall–Kier alpha value is -1.02. The lowest BCUT2D eigenvalue weighted by Gasteiger charge is -2.39. The maximum absolute atomic E-state index is 3.41. The third kappa shape index (κ3) is 3.73. The summed E-state index contributed by atoms with van der Waals surface area (Å²) in [6, 6.07) is 10.6. The van der Waals surface area contributed by atoms with Gasteiger partial charge in [0.2, 0.25) is 0 Å². The highest BCUT2D eigenvalue weighted by Gasteiger charge is 2.24. The summed E-state index contributed by atoms with van der Waals surface area (Å²) in [5, 5.41) is 3.41. The predicted octanol–water partition coefficient (Wildman–Crippen LogP) is 3.61. The maximum Gasteiger partial charge on any atom is 0.0368 e. The number of hydrogen-bond donors (Lipinski definition) is 1. The SMILES string of the molecule is CCCCc1ccc(N2CCC(NC)CC2C)cc1. The van der Waals surface area contributed by atoms with E-state index < -0.39 is 0 Å². The predicted molar refractivity (Wildman–Crippen MR) is 83.9 cm³/mol. The Morgan fingerprint density at radius 2 is 2.00 bits per heavy atom. The van der Waals surface area contributed by atoms with Crippen LogP contribution in [0.1, 0.15) is 45.1 Å². The fraction of sp³-hybridized carbons (Fsp3) is 0.647. The van der Waals surface area contributed by atoms with Gasteiger partial charge in [0.15, 0.2) is 0 Å². The molecule has 2 unspecified atom stereocenters. The Morgan fingerprint density at radius 3 is 2.58 bits per heavy atom. The van der Waals surface area contributed by atoms with E-state index in [4.69, 9.17) is 0 Å². The molecule has 1 N–H and O–H groups in total. The van der Waals surface area contributed by atoms with Gasteiger partial charge < -0.3 is 10.2 Å². The largest absolute Gasteiger partial charge is 0.369 e. The fourth-order valence-electron chi connectivity index (χ4n) is 3.05. The molecule has 1 saturated heterocycles. The molecule has 0 radical (unpaired) electrons. The van der Waals surface area contributed by atoms with E-state index in [1.54, 1.807) is 0 Å². The molecule has 0 bridgehead atoms. The Kier molecular flexibility index (Phi) is 5.26. The van der Waals surface area contributed by atoms with Crippen LogP contribution in [-0.4, -0.2) is 25.7 Å². The zero-order chi connectivity index (χ0) is 13.7. The van der Waals surface area contributed by atoms with Crippen molar-refractivity contribution in [3.8, 4) is 0 Å². The van der Waals surface area contributed by atoms with Crippen LogP contribution >= 0.6 is 0 Å². The fourth-order valence-corrected chi connectivity index (χ4v) is 3.05. The van der Waals surface area contributed by atoms with E-state index in [0.29, 0.717) is 12.1 Å². The van der Waals surface area contributed by atoms with E-state index in [1.807, 2.05) is 0 Å². The van der Waals surface area contributed by atoms with E-state index >= 15 is 0 Å². The molecule has 2 nitrogen and oxygen atoms in total. The van der Waals surface area contributed by atoms with Crippen molar-refractivity contribution in [1.82, 2.24) is 5.32 Å². The molecule has 19 heavy (non-hydrogen) atoms. The molecule has 0 amide bonds. The summed E-state index contributed by atoms with van der Waals surface area (Å²) in [6.07, 6.45) is 6.28. The first-order valence-electron chi connectivity index (χ1n) is 7.77. The molecular formula is C17H28N2. The number of nitrogens with zero attached hydrogens (tertiary/aromatic N) is 1. The molecule has 0 spiro atoms. The van der Waals surface area contributed by atoms with E-state index in [2.05, 4.69) is 55.4 Å². The van der Waals surface area contributed by atoms with Crippen molar-refractivity contribution < 1.29 is 0 Å². The molecule has 2 atom stereocenters. The average Bonchev–Trinajstić information content (AvgIpc) is 2.45. The Morgan fingerprint density at radius 1 is 1.26 bits per heavy atom. The van der Waals surface area contributed by atoms with Gasteiger partial charge in [0, 0.05) is 24.3 Å². The molecule has 1 heterocycles. The van der Waals surface area contributed by atoms with Crippen molar-refractivity contribution in [1.29, 1.82) is 0 Å². The first-order valence-corrected chi connectivity index (χ1v) is 7.77. The van der Waals surface area contributed by atoms with Gasteiger partial charge in [0.1, 0.15) is 0 Å². The van der Waals surface area contributed by atoms with E-state index in [0.717, 1.165) is 0 Å². The number of piperidine rings is 1. The van der Waals surface area contributed by atoms with Crippen LogP contribution in [0.5, 0.6) is 0 Å². The van der Waals surface area contributed by atoms with Crippen molar-refractivity contribution >= 4 is 5.69 Å². The number of hydrogen-bond acceptors (Lipinski definition) is 2. The van der Waals surface area contributed by atoms with Crippen LogP contribution in [0.3, 0.4) is 0 Å². The van der Waals surface area contributed by atoms with Gasteiger partial charge in [-0.05, 0) is 57.4 Å². The van der Waals surface area contributed by atoms with Gasteiger partial charge in [0.25, 0.3) is 0 Å². The maximum atomic E-state index is 3.41. The number of rotatable bonds is 5. The monoisotopic (exact) mass is 260 g/mol. The van der Waals surface area contributed by atoms with Gasteiger partial charge in [-0.25, -0.2) is 0 Å². The van der Waals surface area contributed by atoms with E-state index in [1.165, 1.54) is 49.9 Å². The Balaban J connectivity index is 1.98. The second-order valence-electron chi connectivity index (χ2n) is 5.82. The highest BCUT2D eigenvalue weighted by Crippen LogP contribution is 2.25. The minimum Gasteiger partial charge on any atom is -0.369 e. The van der Waals surface area contributed by atoms with Gasteiger partial charge in [-0.15, -0.1) is 0 Å². The van der Waals surface area contributed by atoms with Crippen LogP contribution in [-0.2, 0) is 6.42 Å². The molecule has 1 fully saturated rings. The van der Waals surface area contributed by atoms with Gasteiger partial charge in [0.05, 0.1) is 0 Å². The lowest BCUT2D eigenvalue weighted by molar-refractivity contribution is 0.387. The smallest absolute Gasteiger partial charge is 0.0368 e. The van der Waals surface area contributed by atoms with Crippen LogP contribution in [0, 0.1) is 0 Å². The Bertz CT molecular complexity index is 371. The first kappa shape index (κ1) is 14.4. The second kappa shape index (κ2) is 6.95. The molecule has 0 saturated carbocycles. The number of anilines is 1. The zero-order valence-corrected chi connectivity index (χ0v) is 12.7. The number of nitrogens with one attached hydrogen (secondary N) is 1. The van der Waals surface area contributed by atoms with Crippen molar-refractivity contribution in [3.05, 3.63) is 29.8 Å². The summed E-state index contributed by atoms with van der Waals surface area (Å²) in [5.74, 6) is 0. The lowest BCUT2D eigenvalue weighted by Crippen LogP contribution is -2.46. The summed E-state index contributed by atoms with van der Waals surface area (Å²) < 4.78 is 0. The van der Waals surface area contributed by atoms with Crippen molar-refractivity contribution in [2.45, 2.75) is 58.0 Å². The minimum absolute atomic E-state index is 0.632. The number of unbranched alkanes of at least 4 members (excludes halogenated alkanes) is 1. The molecule has 1 aliphatic rings. The summed E-state index contributed by atoms with van der Waals surface area (Å²) in [6.45, 7) is 5.76. The third-order valence-electron chi connectivity index (χ3n) is 4.37. The van der Waals surface area contributed by atoms with E-state index in [-0.39, 0.29) is 0 Å². The van der Waals surface area contributed by atoms with Gasteiger partial charge in [-0.2, -0.15) is 0 Å². The van der Waals surface area contributed by atoms with Crippen LogP contribution in [0.25, 0.3) is 0 Å². The minimum atomic E-state index is 0.632. The molecule has 2 rings (SSSR count). The topological polar surface area (TPSA) is 15.3 Å². The van der Waals surface area contributed by atoms with Crippen LogP contribution < -0.4 is 10.2 Å². The average molecular weight is 260 g/mol. The second-order valence-corrected chi connectivity index (χ2v) is 5.82. The molecule has 2 heteroatoms. The highest BCUT2D eigenvalue weighted by molar-refractivity contribution is 5.49. The third-order valence-corrected chi connectivity index (χ3v) is 4.37. The molecule has 106 valence electrons. The van der Waals surface area contributed by atoms with Gasteiger partial charge in [-0.1, -0.05) is 25.5 Å². The molecule has 1 aliphatic heterocycles. The standard InChI is InChI=1S/C17H28N2/c1-4-5-6-15-7-9-17(10-8-15)19-12-11-16(18-3)13-14(19)2/h7-10,14,16,18H,4-6,11-13H2,1-3H3. The molecular weight excluding hydrogens is 232 g/mol. The number of aryl methyl sites for hydroxylation is 1. The van der Waals surface area contributed by atoms with Gasteiger partial charge in [-0.3, -0.25) is 0 Å². The summed E-state index contributed by atoms with van der Waals surface area (Å²) >= 11 is 0. The summed E-state index contributed by atoms with van der Waals surface area (Å²) in [5.41, 5.74) is 2.87. The molecule has 0 aromatic heterocycles. The van der Waals surface area contributed by atoms with Gasteiger partial charge >= 0.3 is 0 Å². The van der Waals surface area contributed by atoms with Crippen molar-refractivity contribution in [2.75, 3.05) is 18.5 Å². The Labute approximate surface area is 118 Å². The van der Waals surface area contributed by atoms with Crippen LogP contribution in [0.2, 0.25) is 0 Å². The zero-order valence-electron chi connectivity index (χ0n) is 12.7. The van der Waals surface area contributed by atoms with E-state index in [9.17, 15) is 0 Å². The molecule has 0 aliphatic carbocycles. The molecule has 1 aromatic rings. The summed E-state index contributed by atoms with van der Waals surface area (Å²) in [4.78, 5) is 2.55.